The van der Waals surface area contributed by atoms with Gasteiger partial charge in [-0.25, -0.2) is 4.79 Å². The molecule has 0 spiro atoms. The smallest absolute Gasteiger partial charge is 0.408 e. The number of benzene rings is 1. The second kappa shape index (κ2) is 3.75. The SMILES string of the molecule is O=c1oc2cc(Br)ccc2n1C1CCNC1. The molecule has 1 aliphatic heterocycles. The van der Waals surface area contributed by atoms with Gasteiger partial charge in [-0.3, -0.25) is 4.57 Å². The summed E-state index contributed by atoms with van der Waals surface area (Å²) in [4.78, 5) is 11.8. The lowest BCUT2D eigenvalue weighted by Crippen LogP contribution is -2.22. The standard InChI is InChI=1S/C11H11BrN2O2/c12-7-1-2-9-10(5-7)16-11(15)14(9)8-3-4-13-6-8/h1-2,5,8,13H,3-4,6H2. The molecule has 3 rings (SSSR count). The third kappa shape index (κ3) is 1.51. The molecule has 5 heteroatoms. The van der Waals surface area contributed by atoms with Crippen LogP contribution in [0.15, 0.2) is 31.9 Å². The minimum Gasteiger partial charge on any atom is -0.408 e. The summed E-state index contributed by atoms with van der Waals surface area (Å²) in [6, 6.07) is 5.89. The Morgan fingerprint density at radius 3 is 3.12 bits per heavy atom. The third-order valence-corrected chi connectivity index (χ3v) is 3.47. The lowest BCUT2D eigenvalue weighted by molar-refractivity contribution is 0.459. The zero-order valence-corrected chi connectivity index (χ0v) is 10.2. The third-order valence-electron chi connectivity index (χ3n) is 2.97. The van der Waals surface area contributed by atoms with Gasteiger partial charge in [0.25, 0.3) is 0 Å². The second-order valence-corrected chi connectivity index (χ2v) is 4.91. The molecule has 0 aliphatic carbocycles. The van der Waals surface area contributed by atoms with E-state index >= 15 is 0 Å². The highest BCUT2D eigenvalue weighted by Gasteiger charge is 2.21. The average molecular weight is 283 g/mol. The quantitative estimate of drug-likeness (QED) is 0.869. The maximum atomic E-state index is 11.8. The molecule has 1 aromatic heterocycles. The van der Waals surface area contributed by atoms with E-state index in [0.29, 0.717) is 5.58 Å². The molecule has 1 fully saturated rings. The fraction of sp³-hybridized carbons (Fsp3) is 0.364. The van der Waals surface area contributed by atoms with Crippen molar-refractivity contribution in [3.63, 3.8) is 0 Å². The van der Waals surface area contributed by atoms with Crippen LogP contribution in [0.25, 0.3) is 11.1 Å². The average Bonchev–Trinajstić information content (AvgIpc) is 2.83. The van der Waals surface area contributed by atoms with E-state index in [1.807, 2.05) is 18.2 Å². The summed E-state index contributed by atoms with van der Waals surface area (Å²) in [5, 5.41) is 3.25. The Morgan fingerprint density at radius 2 is 2.38 bits per heavy atom. The number of halogens is 1. The van der Waals surface area contributed by atoms with Gasteiger partial charge in [0.2, 0.25) is 0 Å². The molecule has 1 atom stereocenters. The van der Waals surface area contributed by atoms with Crippen LogP contribution in [0.1, 0.15) is 12.5 Å². The molecule has 16 heavy (non-hydrogen) atoms. The molecule has 0 amide bonds. The number of hydrogen-bond donors (Lipinski definition) is 1. The number of fused-ring (bicyclic) bond motifs is 1. The Hall–Kier alpha value is -1.07. The first-order chi connectivity index (χ1) is 7.75. The molecule has 0 saturated carbocycles. The highest BCUT2D eigenvalue weighted by Crippen LogP contribution is 2.23. The van der Waals surface area contributed by atoms with Crippen LogP contribution in [0, 0.1) is 0 Å². The number of nitrogens with zero attached hydrogens (tertiary/aromatic N) is 1. The van der Waals surface area contributed by atoms with Gasteiger partial charge in [0.15, 0.2) is 5.58 Å². The van der Waals surface area contributed by atoms with Gasteiger partial charge < -0.3 is 9.73 Å². The number of nitrogens with one attached hydrogen (secondary N) is 1. The number of oxazole rings is 1. The van der Waals surface area contributed by atoms with Crippen LogP contribution in [-0.2, 0) is 0 Å². The summed E-state index contributed by atoms with van der Waals surface area (Å²) in [6.07, 6.45) is 0.977. The van der Waals surface area contributed by atoms with Crippen LogP contribution in [0.4, 0.5) is 0 Å². The van der Waals surface area contributed by atoms with E-state index in [2.05, 4.69) is 21.2 Å². The first-order valence-electron chi connectivity index (χ1n) is 5.27. The molecule has 1 saturated heterocycles. The normalized spacial score (nSPS) is 20.7. The van der Waals surface area contributed by atoms with Crippen molar-refractivity contribution in [1.29, 1.82) is 0 Å². The Labute approximate surface area is 100 Å². The van der Waals surface area contributed by atoms with Gasteiger partial charge in [0.1, 0.15) is 0 Å². The fourth-order valence-corrected chi connectivity index (χ4v) is 2.56. The monoisotopic (exact) mass is 282 g/mol. The molecule has 0 bridgehead atoms. The van der Waals surface area contributed by atoms with E-state index < -0.39 is 0 Å². The first-order valence-corrected chi connectivity index (χ1v) is 6.06. The van der Waals surface area contributed by atoms with Crippen LogP contribution in [-0.4, -0.2) is 17.7 Å². The second-order valence-electron chi connectivity index (χ2n) is 4.00. The Balaban J connectivity index is 2.23. The summed E-state index contributed by atoms with van der Waals surface area (Å²) in [5.41, 5.74) is 1.52. The zero-order chi connectivity index (χ0) is 11.1. The molecular formula is C11H11BrN2O2. The first kappa shape index (κ1) is 10.1. The van der Waals surface area contributed by atoms with Gasteiger partial charge in [-0.1, -0.05) is 15.9 Å². The van der Waals surface area contributed by atoms with Crippen molar-refractivity contribution in [1.82, 2.24) is 9.88 Å². The molecule has 1 N–H and O–H groups in total. The van der Waals surface area contributed by atoms with Gasteiger partial charge >= 0.3 is 5.76 Å². The van der Waals surface area contributed by atoms with Crippen molar-refractivity contribution >= 4 is 27.0 Å². The zero-order valence-electron chi connectivity index (χ0n) is 8.57. The van der Waals surface area contributed by atoms with Crippen LogP contribution >= 0.6 is 15.9 Å². The lowest BCUT2D eigenvalue weighted by Gasteiger charge is -2.08. The Bertz CT molecular complexity index is 581. The van der Waals surface area contributed by atoms with Crippen molar-refractivity contribution < 1.29 is 4.42 Å². The van der Waals surface area contributed by atoms with Crippen molar-refractivity contribution in [3.8, 4) is 0 Å². The highest BCUT2D eigenvalue weighted by atomic mass is 79.9. The molecule has 84 valence electrons. The van der Waals surface area contributed by atoms with Gasteiger partial charge in [0.05, 0.1) is 11.6 Å². The van der Waals surface area contributed by atoms with E-state index in [0.717, 1.165) is 29.5 Å². The van der Waals surface area contributed by atoms with E-state index in [9.17, 15) is 4.79 Å². The summed E-state index contributed by atoms with van der Waals surface area (Å²) in [5.74, 6) is -0.262. The lowest BCUT2D eigenvalue weighted by atomic mass is 10.2. The molecule has 1 unspecified atom stereocenters. The summed E-state index contributed by atoms with van der Waals surface area (Å²) in [7, 11) is 0. The van der Waals surface area contributed by atoms with Crippen molar-refractivity contribution in [2.45, 2.75) is 12.5 Å². The molecule has 4 nitrogen and oxygen atoms in total. The maximum absolute atomic E-state index is 11.8. The van der Waals surface area contributed by atoms with E-state index in [-0.39, 0.29) is 11.8 Å². The predicted octanol–water partition coefficient (Wildman–Crippen LogP) is 1.89. The van der Waals surface area contributed by atoms with Gasteiger partial charge in [-0.15, -0.1) is 0 Å². The molecule has 0 radical (unpaired) electrons. The van der Waals surface area contributed by atoms with Crippen LogP contribution in [0.3, 0.4) is 0 Å². The molecule has 1 aromatic carbocycles. The van der Waals surface area contributed by atoms with E-state index in [1.54, 1.807) is 4.57 Å². The Kier molecular flexibility index (Phi) is 2.37. The van der Waals surface area contributed by atoms with Crippen LogP contribution < -0.4 is 11.1 Å². The summed E-state index contributed by atoms with van der Waals surface area (Å²) < 4.78 is 7.92. The molecule has 2 heterocycles. The fourth-order valence-electron chi connectivity index (χ4n) is 2.22. The number of hydrogen-bond acceptors (Lipinski definition) is 3. The summed E-state index contributed by atoms with van der Waals surface area (Å²) in [6.45, 7) is 1.80. The van der Waals surface area contributed by atoms with Crippen LogP contribution in [0.2, 0.25) is 0 Å². The number of aromatic nitrogens is 1. The highest BCUT2D eigenvalue weighted by molar-refractivity contribution is 9.10. The minimum atomic E-state index is -0.262. The van der Waals surface area contributed by atoms with E-state index in [4.69, 9.17) is 4.42 Å². The number of rotatable bonds is 1. The van der Waals surface area contributed by atoms with Gasteiger partial charge in [-0.2, -0.15) is 0 Å². The largest absolute Gasteiger partial charge is 0.420 e. The van der Waals surface area contributed by atoms with Gasteiger partial charge in [-0.05, 0) is 31.2 Å². The molecular weight excluding hydrogens is 272 g/mol. The maximum Gasteiger partial charge on any atom is 0.420 e. The Morgan fingerprint density at radius 1 is 1.50 bits per heavy atom. The van der Waals surface area contributed by atoms with E-state index in [1.165, 1.54) is 0 Å². The van der Waals surface area contributed by atoms with Crippen LogP contribution in [0.5, 0.6) is 0 Å². The summed E-state index contributed by atoms with van der Waals surface area (Å²) >= 11 is 3.37. The predicted molar refractivity (Wildman–Crippen MR) is 64.7 cm³/mol. The topological polar surface area (TPSA) is 47.2 Å². The van der Waals surface area contributed by atoms with Gasteiger partial charge in [0, 0.05) is 11.0 Å². The molecule has 2 aromatic rings. The van der Waals surface area contributed by atoms with Crippen molar-refractivity contribution in [3.05, 3.63) is 33.2 Å². The minimum absolute atomic E-state index is 0.218. The molecule has 1 aliphatic rings. The van der Waals surface area contributed by atoms with Crippen molar-refractivity contribution in [2.75, 3.05) is 13.1 Å². The van der Waals surface area contributed by atoms with Crippen molar-refractivity contribution in [2.24, 2.45) is 0 Å².